The molecule has 2 nitrogen and oxygen atoms in total. The topological polar surface area (TPSA) is 38.0 Å². The summed E-state index contributed by atoms with van der Waals surface area (Å²) in [5.74, 6) is 0. The maximum Gasteiger partial charge on any atom is 0.0319 e. The summed E-state index contributed by atoms with van der Waals surface area (Å²) in [5.41, 5.74) is 7.72. The number of nitrogens with two attached hydrogens (primary N) is 1. The summed E-state index contributed by atoms with van der Waals surface area (Å²) in [4.78, 5) is 0. The Bertz CT molecular complexity index is 338. The summed E-state index contributed by atoms with van der Waals surface area (Å²) < 4.78 is 0. The maximum atomic E-state index is 5.71. The molecule has 1 fully saturated rings. The molecule has 1 aliphatic rings. The van der Waals surface area contributed by atoms with Gasteiger partial charge in [-0.25, -0.2) is 0 Å². The maximum absolute atomic E-state index is 5.71. The molecule has 1 atom stereocenters. The Balaban J connectivity index is 1.87. The van der Waals surface area contributed by atoms with E-state index in [-0.39, 0.29) is 0 Å². The van der Waals surface area contributed by atoms with Gasteiger partial charge in [0.1, 0.15) is 0 Å². The molecule has 15 heavy (non-hydrogen) atoms. The average molecular weight is 202 g/mol. The second kappa shape index (κ2) is 4.99. The van der Waals surface area contributed by atoms with Crippen LogP contribution in [0, 0.1) is 0 Å². The van der Waals surface area contributed by atoms with E-state index in [1.165, 1.54) is 24.9 Å². The lowest BCUT2D eigenvalue weighted by atomic mass is 10.1. The van der Waals surface area contributed by atoms with E-state index in [2.05, 4.69) is 23.5 Å². The first-order valence-corrected chi connectivity index (χ1v) is 5.60. The fourth-order valence-electron chi connectivity index (χ4n) is 1.99. The molecule has 3 N–H and O–H groups in total. The average Bonchev–Trinajstić information content (AvgIpc) is 2.71. The van der Waals surface area contributed by atoms with E-state index >= 15 is 0 Å². The first-order valence-electron chi connectivity index (χ1n) is 5.60. The summed E-state index contributed by atoms with van der Waals surface area (Å²) in [6, 6.07) is 8.66. The monoisotopic (exact) mass is 202 g/mol. The summed E-state index contributed by atoms with van der Waals surface area (Å²) in [5, 5.41) is 3.48. The summed E-state index contributed by atoms with van der Waals surface area (Å²) >= 11 is 0. The number of hydrogen-bond acceptors (Lipinski definition) is 2. The molecule has 1 heterocycles. The molecule has 0 saturated carbocycles. The van der Waals surface area contributed by atoms with Gasteiger partial charge in [-0.15, -0.1) is 0 Å². The number of hydrogen-bond donors (Lipinski definition) is 2. The van der Waals surface area contributed by atoms with Crippen LogP contribution in [0.2, 0.25) is 0 Å². The molecular formula is C13H18N2. The van der Waals surface area contributed by atoms with Gasteiger partial charge in [0.25, 0.3) is 0 Å². The summed E-state index contributed by atoms with van der Waals surface area (Å²) in [7, 11) is 0. The SMILES string of the molecule is Nc1cccc(/C=C/CC2CCCN2)c1. The molecule has 0 radical (unpaired) electrons. The van der Waals surface area contributed by atoms with E-state index in [1.807, 2.05) is 18.2 Å². The smallest absolute Gasteiger partial charge is 0.0319 e. The molecule has 2 heteroatoms. The Labute approximate surface area is 91.2 Å². The van der Waals surface area contributed by atoms with E-state index in [0.717, 1.165) is 12.1 Å². The van der Waals surface area contributed by atoms with Crippen LogP contribution in [0.4, 0.5) is 5.69 Å². The highest BCUT2D eigenvalue weighted by atomic mass is 14.9. The molecule has 1 aliphatic heterocycles. The van der Waals surface area contributed by atoms with Crippen molar-refractivity contribution in [1.82, 2.24) is 5.32 Å². The standard InChI is InChI=1S/C13H18N2/c14-12-6-1-4-11(10-12)5-2-7-13-8-3-9-15-13/h1-2,4-6,10,13,15H,3,7-9,14H2/b5-2+. The molecule has 1 unspecified atom stereocenters. The molecule has 0 aromatic heterocycles. The lowest BCUT2D eigenvalue weighted by Crippen LogP contribution is -2.19. The molecule has 1 aromatic rings. The third-order valence-corrected chi connectivity index (χ3v) is 2.80. The lowest BCUT2D eigenvalue weighted by Gasteiger charge is -2.05. The third-order valence-electron chi connectivity index (χ3n) is 2.80. The minimum absolute atomic E-state index is 0.683. The van der Waals surface area contributed by atoms with Crippen molar-refractivity contribution in [2.24, 2.45) is 0 Å². The van der Waals surface area contributed by atoms with Gasteiger partial charge in [-0.1, -0.05) is 24.3 Å². The minimum atomic E-state index is 0.683. The highest BCUT2D eigenvalue weighted by Crippen LogP contribution is 2.12. The molecule has 0 amide bonds. The van der Waals surface area contributed by atoms with Crippen LogP contribution in [-0.2, 0) is 0 Å². The Morgan fingerprint density at radius 1 is 1.47 bits per heavy atom. The Morgan fingerprint density at radius 3 is 3.13 bits per heavy atom. The zero-order valence-electron chi connectivity index (χ0n) is 8.95. The summed E-state index contributed by atoms with van der Waals surface area (Å²) in [6.07, 6.45) is 8.13. The zero-order chi connectivity index (χ0) is 10.5. The van der Waals surface area contributed by atoms with Crippen molar-refractivity contribution >= 4 is 11.8 Å². The van der Waals surface area contributed by atoms with Crippen molar-refractivity contribution < 1.29 is 0 Å². The number of rotatable bonds is 3. The Kier molecular flexibility index (Phi) is 3.41. The van der Waals surface area contributed by atoms with Crippen molar-refractivity contribution in [3.63, 3.8) is 0 Å². The van der Waals surface area contributed by atoms with Crippen LogP contribution in [0.15, 0.2) is 30.3 Å². The van der Waals surface area contributed by atoms with Gasteiger partial charge in [-0.3, -0.25) is 0 Å². The Morgan fingerprint density at radius 2 is 2.40 bits per heavy atom. The molecule has 2 rings (SSSR count). The van der Waals surface area contributed by atoms with Crippen molar-refractivity contribution in [2.75, 3.05) is 12.3 Å². The first-order chi connectivity index (χ1) is 7.34. The summed E-state index contributed by atoms with van der Waals surface area (Å²) in [6.45, 7) is 1.18. The van der Waals surface area contributed by atoms with Crippen LogP contribution in [0.3, 0.4) is 0 Å². The van der Waals surface area contributed by atoms with Crippen LogP contribution in [0.25, 0.3) is 6.08 Å². The molecule has 0 bridgehead atoms. The number of nitrogen functional groups attached to an aromatic ring is 1. The van der Waals surface area contributed by atoms with Crippen molar-refractivity contribution in [3.8, 4) is 0 Å². The van der Waals surface area contributed by atoms with Crippen LogP contribution >= 0.6 is 0 Å². The number of nitrogens with one attached hydrogen (secondary N) is 1. The van der Waals surface area contributed by atoms with E-state index < -0.39 is 0 Å². The van der Waals surface area contributed by atoms with Crippen molar-refractivity contribution in [3.05, 3.63) is 35.9 Å². The largest absolute Gasteiger partial charge is 0.399 e. The van der Waals surface area contributed by atoms with E-state index in [9.17, 15) is 0 Å². The minimum Gasteiger partial charge on any atom is -0.399 e. The van der Waals surface area contributed by atoms with E-state index in [0.29, 0.717) is 6.04 Å². The Hall–Kier alpha value is -1.28. The molecule has 1 aromatic carbocycles. The quantitative estimate of drug-likeness (QED) is 0.739. The molecule has 80 valence electrons. The van der Waals surface area contributed by atoms with Gasteiger partial charge in [-0.2, -0.15) is 0 Å². The first kappa shape index (κ1) is 10.2. The molecule has 1 saturated heterocycles. The van der Waals surface area contributed by atoms with Crippen LogP contribution in [-0.4, -0.2) is 12.6 Å². The highest BCUT2D eigenvalue weighted by molar-refractivity contribution is 5.55. The molecular weight excluding hydrogens is 184 g/mol. The number of anilines is 1. The van der Waals surface area contributed by atoms with Gasteiger partial charge in [0, 0.05) is 11.7 Å². The highest BCUT2D eigenvalue weighted by Gasteiger charge is 2.11. The van der Waals surface area contributed by atoms with Crippen LogP contribution in [0.5, 0.6) is 0 Å². The van der Waals surface area contributed by atoms with Gasteiger partial charge in [0.15, 0.2) is 0 Å². The van der Waals surface area contributed by atoms with Crippen LogP contribution in [0.1, 0.15) is 24.8 Å². The predicted molar refractivity (Wildman–Crippen MR) is 65.5 cm³/mol. The number of benzene rings is 1. The van der Waals surface area contributed by atoms with Gasteiger partial charge < -0.3 is 11.1 Å². The predicted octanol–water partition coefficient (Wildman–Crippen LogP) is 2.42. The normalized spacial score (nSPS) is 21.2. The fourth-order valence-corrected chi connectivity index (χ4v) is 1.99. The third kappa shape index (κ3) is 3.10. The van der Waals surface area contributed by atoms with Crippen LogP contribution < -0.4 is 11.1 Å². The molecule has 0 spiro atoms. The zero-order valence-corrected chi connectivity index (χ0v) is 8.95. The fraction of sp³-hybridized carbons (Fsp3) is 0.385. The van der Waals surface area contributed by atoms with Crippen molar-refractivity contribution in [2.45, 2.75) is 25.3 Å². The molecule has 0 aliphatic carbocycles. The van der Waals surface area contributed by atoms with Gasteiger partial charge in [0.05, 0.1) is 0 Å². The second-order valence-corrected chi connectivity index (χ2v) is 4.10. The van der Waals surface area contributed by atoms with E-state index in [4.69, 9.17) is 5.73 Å². The van der Waals surface area contributed by atoms with Crippen molar-refractivity contribution in [1.29, 1.82) is 0 Å². The van der Waals surface area contributed by atoms with E-state index in [1.54, 1.807) is 0 Å². The van der Waals surface area contributed by atoms with Gasteiger partial charge in [0.2, 0.25) is 0 Å². The second-order valence-electron chi connectivity index (χ2n) is 4.10. The lowest BCUT2D eigenvalue weighted by molar-refractivity contribution is 0.615. The van der Waals surface area contributed by atoms with Gasteiger partial charge >= 0.3 is 0 Å². The van der Waals surface area contributed by atoms with Gasteiger partial charge in [-0.05, 0) is 43.5 Å².